The summed E-state index contributed by atoms with van der Waals surface area (Å²) in [6.45, 7) is 0. The number of methoxy groups -OCH3 is 1. The van der Waals surface area contributed by atoms with Crippen LogP contribution in [0.5, 0.6) is 5.75 Å². The summed E-state index contributed by atoms with van der Waals surface area (Å²) in [6.07, 6.45) is 0.518. The standard InChI is InChI=1S/C17H17ClN2O3/c1-22-15-5-3-2-4-13(15)11-16(19)20-23-17(21)10-12-6-8-14(18)9-7-12/h2-9H,10-11H2,1H3,(H2,19,20)/p+1. The van der Waals surface area contributed by atoms with Crippen molar-refractivity contribution in [3.63, 3.8) is 0 Å². The second kappa shape index (κ2) is 8.19. The van der Waals surface area contributed by atoms with Gasteiger partial charge in [-0.05, 0) is 23.8 Å². The van der Waals surface area contributed by atoms with E-state index in [-0.39, 0.29) is 6.42 Å². The fourth-order valence-electron chi connectivity index (χ4n) is 2.02. The number of amidine groups is 1. The number of rotatable bonds is 6. The molecule has 0 radical (unpaired) electrons. The van der Waals surface area contributed by atoms with Crippen molar-refractivity contribution in [1.29, 1.82) is 0 Å². The second-order valence-corrected chi connectivity index (χ2v) is 5.33. The first-order chi connectivity index (χ1) is 11.1. The number of para-hydroxylation sites is 1. The summed E-state index contributed by atoms with van der Waals surface area (Å²) in [6, 6.07) is 14.5. The van der Waals surface area contributed by atoms with Gasteiger partial charge in [0.1, 0.15) is 5.75 Å². The molecule has 0 saturated carbocycles. The van der Waals surface area contributed by atoms with Crippen molar-refractivity contribution in [2.75, 3.05) is 7.11 Å². The smallest absolute Gasteiger partial charge is 0.361 e. The maximum absolute atomic E-state index is 11.8. The van der Waals surface area contributed by atoms with Crippen LogP contribution in [0.1, 0.15) is 11.1 Å². The molecule has 0 bridgehead atoms. The molecular weight excluding hydrogens is 316 g/mol. The summed E-state index contributed by atoms with van der Waals surface area (Å²) in [5.74, 6) is 0.610. The summed E-state index contributed by atoms with van der Waals surface area (Å²) in [5.41, 5.74) is 7.55. The molecule has 0 aromatic heterocycles. The molecule has 0 aliphatic carbocycles. The highest BCUT2D eigenvalue weighted by molar-refractivity contribution is 6.30. The first kappa shape index (κ1) is 16.8. The molecule has 3 N–H and O–H groups in total. The number of carbonyl (C=O) groups excluding carboxylic acids is 1. The van der Waals surface area contributed by atoms with Crippen LogP contribution in [-0.4, -0.2) is 18.9 Å². The van der Waals surface area contributed by atoms with Crippen LogP contribution < -0.4 is 15.6 Å². The fourth-order valence-corrected chi connectivity index (χ4v) is 2.14. The van der Waals surface area contributed by atoms with Gasteiger partial charge in [-0.2, -0.15) is 0 Å². The highest BCUT2D eigenvalue weighted by Crippen LogP contribution is 2.17. The van der Waals surface area contributed by atoms with Crippen molar-refractivity contribution >= 4 is 23.4 Å². The number of nitrogens with one attached hydrogen (secondary N) is 1. The molecule has 2 rings (SSSR count). The van der Waals surface area contributed by atoms with E-state index in [2.05, 4.69) is 5.16 Å². The number of nitrogens with two attached hydrogens (primary N) is 1. The van der Waals surface area contributed by atoms with Crippen LogP contribution in [-0.2, 0) is 22.5 Å². The molecule has 2 aromatic rings. The van der Waals surface area contributed by atoms with Crippen molar-refractivity contribution in [3.8, 4) is 5.75 Å². The molecule has 0 amide bonds. The van der Waals surface area contributed by atoms with Gasteiger partial charge in [0.15, 0.2) is 0 Å². The Morgan fingerprint density at radius 3 is 2.52 bits per heavy atom. The van der Waals surface area contributed by atoms with Crippen molar-refractivity contribution in [2.24, 2.45) is 5.73 Å². The average molecular weight is 334 g/mol. The van der Waals surface area contributed by atoms with Crippen LogP contribution in [0.3, 0.4) is 0 Å². The molecule has 0 unspecified atom stereocenters. The lowest BCUT2D eigenvalue weighted by molar-refractivity contribution is -0.725. The summed E-state index contributed by atoms with van der Waals surface area (Å²) < 4.78 is 5.25. The maximum atomic E-state index is 11.8. The van der Waals surface area contributed by atoms with Gasteiger partial charge in [-0.1, -0.05) is 47.1 Å². The van der Waals surface area contributed by atoms with E-state index in [0.29, 0.717) is 17.3 Å². The number of hydrogen-bond acceptors (Lipinski definition) is 3. The van der Waals surface area contributed by atoms with Crippen LogP contribution in [0.25, 0.3) is 0 Å². The van der Waals surface area contributed by atoms with Gasteiger partial charge in [0.2, 0.25) is 0 Å². The van der Waals surface area contributed by atoms with E-state index in [1.807, 2.05) is 24.3 Å². The number of hydrogen-bond donors (Lipinski definition) is 2. The number of benzene rings is 2. The highest BCUT2D eigenvalue weighted by atomic mass is 35.5. The largest absolute Gasteiger partial charge is 0.496 e. The number of ether oxygens (including phenoxy) is 1. The van der Waals surface area contributed by atoms with E-state index in [1.165, 1.54) is 0 Å². The molecule has 0 saturated heterocycles. The molecule has 6 heteroatoms. The summed E-state index contributed by atoms with van der Waals surface area (Å²) in [7, 11) is 1.59. The summed E-state index contributed by atoms with van der Waals surface area (Å²) >= 11 is 5.79. The normalized spacial score (nSPS) is 11.1. The van der Waals surface area contributed by atoms with Crippen LogP contribution >= 0.6 is 11.6 Å². The minimum atomic E-state index is -0.435. The lowest BCUT2D eigenvalue weighted by Crippen LogP contribution is -2.76. The zero-order chi connectivity index (χ0) is 16.7. The topological polar surface area (TPSA) is 75.5 Å². The Balaban J connectivity index is 1.91. The monoisotopic (exact) mass is 333 g/mol. The predicted octanol–water partition coefficient (Wildman–Crippen LogP) is 1.03. The van der Waals surface area contributed by atoms with Crippen LogP contribution in [0.15, 0.2) is 48.5 Å². The van der Waals surface area contributed by atoms with Gasteiger partial charge in [0, 0.05) is 10.6 Å². The van der Waals surface area contributed by atoms with Crippen LogP contribution in [0.2, 0.25) is 5.02 Å². The Hall–Kier alpha value is -2.53. The third-order valence-corrected chi connectivity index (χ3v) is 3.38. The van der Waals surface area contributed by atoms with Gasteiger partial charge in [-0.25, -0.2) is 4.79 Å². The molecule has 0 spiro atoms. The minimum absolute atomic E-state index is 0.131. The van der Waals surface area contributed by atoms with Gasteiger partial charge in [-0.3, -0.25) is 10.6 Å². The van der Waals surface area contributed by atoms with Crippen LogP contribution in [0.4, 0.5) is 0 Å². The third kappa shape index (κ3) is 5.30. The van der Waals surface area contributed by atoms with Gasteiger partial charge in [0.25, 0.3) is 5.84 Å². The van der Waals surface area contributed by atoms with Crippen molar-refractivity contribution in [1.82, 2.24) is 0 Å². The molecule has 120 valence electrons. The zero-order valence-electron chi connectivity index (χ0n) is 12.7. The Labute approximate surface area is 139 Å². The van der Waals surface area contributed by atoms with Gasteiger partial charge >= 0.3 is 5.97 Å². The predicted molar refractivity (Wildman–Crippen MR) is 88.1 cm³/mol. The SMILES string of the molecule is COc1ccccc1CC(N)=[NH+]OC(=O)Cc1ccc(Cl)cc1. The molecule has 0 atom stereocenters. The number of carbonyl (C=O) groups is 1. The first-order valence-corrected chi connectivity index (χ1v) is 7.39. The van der Waals surface area contributed by atoms with Gasteiger partial charge in [-0.15, -0.1) is 0 Å². The first-order valence-electron chi connectivity index (χ1n) is 7.02. The van der Waals surface area contributed by atoms with E-state index in [0.717, 1.165) is 16.9 Å². The van der Waals surface area contributed by atoms with Crippen molar-refractivity contribution < 1.29 is 19.5 Å². The molecule has 0 heterocycles. The molecule has 5 nitrogen and oxygen atoms in total. The minimum Gasteiger partial charge on any atom is -0.496 e. The Morgan fingerprint density at radius 1 is 1.13 bits per heavy atom. The number of halogens is 1. The molecule has 23 heavy (non-hydrogen) atoms. The fraction of sp³-hybridized carbons (Fsp3) is 0.176. The molecule has 0 aliphatic rings. The molecule has 2 aromatic carbocycles. The van der Waals surface area contributed by atoms with Gasteiger partial charge in [0.05, 0.1) is 20.0 Å². The average Bonchev–Trinajstić information content (AvgIpc) is 2.55. The lowest BCUT2D eigenvalue weighted by atomic mass is 10.1. The van der Waals surface area contributed by atoms with Crippen LogP contribution in [0, 0.1) is 0 Å². The van der Waals surface area contributed by atoms with E-state index >= 15 is 0 Å². The second-order valence-electron chi connectivity index (χ2n) is 4.89. The van der Waals surface area contributed by atoms with Crippen molar-refractivity contribution in [2.45, 2.75) is 12.8 Å². The van der Waals surface area contributed by atoms with E-state index in [4.69, 9.17) is 26.9 Å². The van der Waals surface area contributed by atoms with E-state index in [1.54, 1.807) is 31.4 Å². The maximum Gasteiger partial charge on any atom is 0.361 e. The Kier molecular flexibility index (Phi) is 6.00. The van der Waals surface area contributed by atoms with Crippen molar-refractivity contribution in [3.05, 3.63) is 64.7 Å². The quantitative estimate of drug-likeness (QED) is 0.358. The third-order valence-electron chi connectivity index (χ3n) is 3.13. The van der Waals surface area contributed by atoms with E-state index < -0.39 is 5.97 Å². The lowest BCUT2D eigenvalue weighted by Gasteiger charge is -2.05. The molecule has 0 fully saturated rings. The van der Waals surface area contributed by atoms with Gasteiger partial charge < -0.3 is 4.74 Å². The van der Waals surface area contributed by atoms with E-state index in [9.17, 15) is 4.79 Å². The summed E-state index contributed by atoms with van der Waals surface area (Å²) in [5, 5.41) is 3.10. The zero-order valence-corrected chi connectivity index (χ0v) is 13.5. The summed E-state index contributed by atoms with van der Waals surface area (Å²) in [4.78, 5) is 16.7. The molecule has 0 aliphatic heterocycles. The Morgan fingerprint density at radius 2 is 1.83 bits per heavy atom. The Bertz CT molecular complexity index is 699. The molecular formula is C17H18ClN2O3+. The highest BCUT2D eigenvalue weighted by Gasteiger charge is 2.10.